The average molecular weight is 126 g/mol. The second-order valence-corrected chi connectivity index (χ2v) is 2.54. The molecule has 0 aromatic carbocycles. The van der Waals surface area contributed by atoms with Gasteiger partial charge in [-0.2, -0.15) is 0 Å². The van der Waals surface area contributed by atoms with Gasteiger partial charge < -0.3 is 0 Å². The summed E-state index contributed by atoms with van der Waals surface area (Å²) in [5.74, 6) is 0. The highest BCUT2D eigenvalue weighted by molar-refractivity contribution is 5.22. The van der Waals surface area contributed by atoms with E-state index in [1.165, 1.54) is 32.4 Å². The van der Waals surface area contributed by atoms with Crippen molar-refractivity contribution in [2.45, 2.75) is 19.3 Å². The molecule has 0 saturated carbocycles. The van der Waals surface area contributed by atoms with Crippen LogP contribution in [0.25, 0.3) is 0 Å². The number of aliphatic imine (C=N–C) groups is 1. The Morgan fingerprint density at radius 1 is 1.22 bits per heavy atom. The van der Waals surface area contributed by atoms with Crippen molar-refractivity contribution in [2.75, 3.05) is 19.8 Å². The topological polar surface area (TPSA) is 15.6 Å². The minimum atomic E-state index is 0.833. The molecule has 52 valence electrons. The highest BCUT2D eigenvalue weighted by atomic mass is 15.2. The quantitative estimate of drug-likeness (QED) is 0.506. The Hall–Kier alpha value is -0.370. The second kappa shape index (κ2) is 3.62. The summed E-state index contributed by atoms with van der Waals surface area (Å²) in [4.78, 5) is 6.18. The van der Waals surface area contributed by atoms with Crippen LogP contribution in [-0.2, 0) is 0 Å². The van der Waals surface area contributed by atoms with Crippen LogP contribution in [-0.4, -0.2) is 31.4 Å². The van der Waals surface area contributed by atoms with Crippen LogP contribution in [0.5, 0.6) is 0 Å². The molecule has 1 saturated heterocycles. The summed E-state index contributed by atoms with van der Waals surface area (Å²) in [7, 11) is 0. The van der Waals surface area contributed by atoms with E-state index in [4.69, 9.17) is 0 Å². The van der Waals surface area contributed by atoms with E-state index < -0.39 is 0 Å². The highest BCUT2D eigenvalue weighted by Crippen LogP contribution is 2.07. The standard InChI is InChI=1S/C7H14N2/c1-8-7-9-5-3-2-4-6-9/h1-7H2. The SMILES string of the molecule is C=NCN1CCCCC1. The van der Waals surface area contributed by atoms with Crippen LogP contribution < -0.4 is 0 Å². The van der Waals surface area contributed by atoms with Gasteiger partial charge >= 0.3 is 0 Å². The van der Waals surface area contributed by atoms with Crippen molar-refractivity contribution in [3.05, 3.63) is 0 Å². The van der Waals surface area contributed by atoms with Gasteiger partial charge in [0.05, 0.1) is 6.67 Å². The molecule has 2 nitrogen and oxygen atoms in total. The van der Waals surface area contributed by atoms with Crippen LogP contribution in [0.2, 0.25) is 0 Å². The summed E-state index contributed by atoms with van der Waals surface area (Å²) < 4.78 is 0. The molecule has 0 atom stereocenters. The molecule has 9 heavy (non-hydrogen) atoms. The van der Waals surface area contributed by atoms with Gasteiger partial charge in [0.2, 0.25) is 0 Å². The minimum absolute atomic E-state index is 0.833. The van der Waals surface area contributed by atoms with E-state index in [1.54, 1.807) is 0 Å². The molecule has 0 radical (unpaired) electrons. The van der Waals surface area contributed by atoms with Gasteiger partial charge in [-0.05, 0) is 32.6 Å². The fourth-order valence-corrected chi connectivity index (χ4v) is 1.24. The van der Waals surface area contributed by atoms with E-state index in [2.05, 4.69) is 16.6 Å². The Balaban J connectivity index is 2.15. The van der Waals surface area contributed by atoms with Crippen LogP contribution >= 0.6 is 0 Å². The number of likely N-dealkylation sites (tertiary alicyclic amines) is 1. The van der Waals surface area contributed by atoms with Gasteiger partial charge in [0.1, 0.15) is 0 Å². The number of rotatable bonds is 2. The first-order chi connectivity index (χ1) is 4.43. The largest absolute Gasteiger partial charge is 0.285 e. The van der Waals surface area contributed by atoms with Gasteiger partial charge in [0.25, 0.3) is 0 Å². The maximum Gasteiger partial charge on any atom is 0.0902 e. The summed E-state index contributed by atoms with van der Waals surface area (Å²) >= 11 is 0. The zero-order valence-corrected chi connectivity index (χ0v) is 5.84. The first-order valence-electron chi connectivity index (χ1n) is 3.58. The molecule has 1 fully saturated rings. The molecule has 2 heteroatoms. The Bertz CT molecular complexity index is 84.9. The number of piperidine rings is 1. The normalized spacial score (nSPS) is 21.8. The van der Waals surface area contributed by atoms with Crippen molar-refractivity contribution in [3.63, 3.8) is 0 Å². The van der Waals surface area contributed by atoms with Crippen LogP contribution in [0.4, 0.5) is 0 Å². The summed E-state index contributed by atoms with van der Waals surface area (Å²) in [5.41, 5.74) is 0. The lowest BCUT2D eigenvalue weighted by Crippen LogP contribution is -2.29. The molecule has 1 rings (SSSR count). The Kier molecular flexibility index (Phi) is 2.71. The number of hydrogen-bond acceptors (Lipinski definition) is 2. The lowest BCUT2D eigenvalue weighted by Gasteiger charge is -2.23. The minimum Gasteiger partial charge on any atom is -0.285 e. The Labute approximate surface area is 56.6 Å². The van der Waals surface area contributed by atoms with E-state index in [0.29, 0.717) is 0 Å². The van der Waals surface area contributed by atoms with Crippen LogP contribution in [0.15, 0.2) is 4.99 Å². The van der Waals surface area contributed by atoms with Crippen molar-refractivity contribution in [1.82, 2.24) is 4.90 Å². The predicted molar refractivity (Wildman–Crippen MR) is 39.8 cm³/mol. The summed E-state index contributed by atoms with van der Waals surface area (Å²) in [5, 5.41) is 0. The predicted octanol–water partition coefficient (Wildman–Crippen LogP) is 1.13. The molecule has 0 amide bonds. The molecular formula is C7H14N2. The van der Waals surface area contributed by atoms with Crippen molar-refractivity contribution >= 4 is 6.72 Å². The third kappa shape index (κ3) is 2.14. The Morgan fingerprint density at radius 2 is 1.89 bits per heavy atom. The lowest BCUT2D eigenvalue weighted by atomic mass is 10.1. The maximum absolute atomic E-state index is 3.84. The van der Waals surface area contributed by atoms with E-state index in [9.17, 15) is 0 Å². The Morgan fingerprint density at radius 3 is 2.44 bits per heavy atom. The van der Waals surface area contributed by atoms with Crippen molar-refractivity contribution in [2.24, 2.45) is 4.99 Å². The van der Waals surface area contributed by atoms with Crippen LogP contribution in [0.1, 0.15) is 19.3 Å². The zero-order valence-electron chi connectivity index (χ0n) is 5.84. The third-order valence-electron chi connectivity index (χ3n) is 1.75. The van der Waals surface area contributed by atoms with Gasteiger partial charge in [-0.1, -0.05) is 6.42 Å². The zero-order chi connectivity index (χ0) is 6.53. The summed E-state index contributed by atoms with van der Waals surface area (Å²) in [6, 6.07) is 0. The smallest absolute Gasteiger partial charge is 0.0902 e. The van der Waals surface area contributed by atoms with E-state index in [1.807, 2.05) is 0 Å². The molecule has 0 N–H and O–H groups in total. The van der Waals surface area contributed by atoms with Crippen molar-refractivity contribution < 1.29 is 0 Å². The van der Waals surface area contributed by atoms with Gasteiger partial charge in [0, 0.05) is 0 Å². The number of hydrogen-bond donors (Lipinski definition) is 0. The first kappa shape index (κ1) is 6.75. The molecule has 0 aromatic heterocycles. The number of nitrogens with zero attached hydrogens (tertiary/aromatic N) is 2. The molecule has 0 unspecified atom stereocenters. The molecule has 0 aromatic rings. The molecule has 1 heterocycles. The van der Waals surface area contributed by atoms with Crippen LogP contribution in [0.3, 0.4) is 0 Å². The fraction of sp³-hybridized carbons (Fsp3) is 0.857. The van der Waals surface area contributed by atoms with Gasteiger partial charge in [-0.15, -0.1) is 0 Å². The average Bonchev–Trinajstić information content (AvgIpc) is 1.91. The maximum atomic E-state index is 3.84. The van der Waals surface area contributed by atoms with Gasteiger partial charge in [-0.25, -0.2) is 0 Å². The molecule has 0 spiro atoms. The molecule has 1 aliphatic rings. The van der Waals surface area contributed by atoms with Crippen LogP contribution in [0, 0.1) is 0 Å². The van der Waals surface area contributed by atoms with E-state index in [-0.39, 0.29) is 0 Å². The second-order valence-electron chi connectivity index (χ2n) is 2.54. The monoisotopic (exact) mass is 126 g/mol. The van der Waals surface area contributed by atoms with E-state index >= 15 is 0 Å². The lowest BCUT2D eigenvalue weighted by molar-refractivity contribution is 0.236. The highest BCUT2D eigenvalue weighted by Gasteiger charge is 2.06. The summed E-state index contributed by atoms with van der Waals surface area (Å²) in [6.07, 6.45) is 4.08. The molecule has 0 bridgehead atoms. The van der Waals surface area contributed by atoms with Crippen molar-refractivity contribution in [1.29, 1.82) is 0 Å². The fourth-order valence-electron chi connectivity index (χ4n) is 1.24. The molecular weight excluding hydrogens is 112 g/mol. The summed E-state index contributed by atoms with van der Waals surface area (Å²) in [6.45, 7) is 6.74. The van der Waals surface area contributed by atoms with Gasteiger partial charge in [-0.3, -0.25) is 9.89 Å². The van der Waals surface area contributed by atoms with Crippen molar-refractivity contribution in [3.8, 4) is 0 Å². The molecule has 1 aliphatic heterocycles. The van der Waals surface area contributed by atoms with E-state index in [0.717, 1.165) is 6.67 Å². The third-order valence-corrected chi connectivity index (χ3v) is 1.75. The molecule has 0 aliphatic carbocycles. The van der Waals surface area contributed by atoms with Gasteiger partial charge in [0.15, 0.2) is 0 Å². The first-order valence-corrected chi connectivity index (χ1v) is 3.58.